The molecular formula is C13H12O4. The molecule has 0 amide bonds. The van der Waals surface area contributed by atoms with Gasteiger partial charge in [0.05, 0.1) is 19.8 Å². The first kappa shape index (κ1) is 12.8. The molecule has 0 aliphatic heterocycles. The van der Waals surface area contributed by atoms with E-state index >= 15 is 0 Å². The molecule has 1 aromatic rings. The van der Waals surface area contributed by atoms with Crippen molar-refractivity contribution >= 4 is 12.3 Å². The summed E-state index contributed by atoms with van der Waals surface area (Å²) in [6, 6.07) is 4.98. The first-order chi connectivity index (χ1) is 8.21. The standard InChI is InChI=1S/C13H12O4/c1-16-12-7-6-10(8-11(12)9-14)4-3-5-13(15)17-2/h6-9H,5H2,1-2H3. The fourth-order valence-corrected chi connectivity index (χ4v) is 1.19. The Morgan fingerprint density at radius 1 is 1.41 bits per heavy atom. The van der Waals surface area contributed by atoms with Crippen LogP contribution in [0.3, 0.4) is 0 Å². The molecule has 0 saturated carbocycles. The lowest BCUT2D eigenvalue weighted by molar-refractivity contribution is -0.139. The lowest BCUT2D eigenvalue weighted by Gasteiger charge is -2.02. The molecule has 0 spiro atoms. The molecule has 0 heterocycles. The Hall–Kier alpha value is -2.28. The van der Waals surface area contributed by atoms with Crippen molar-refractivity contribution in [2.75, 3.05) is 14.2 Å². The number of hydrogen-bond donors (Lipinski definition) is 0. The molecule has 1 aromatic carbocycles. The van der Waals surface area contributed by atoms with Crippen molar-refractivity contribution in [3.05, 3.63) is 29.3 Å². The van der Waals surface area contributed by atoms with Gasteiger partial charge in [0.15, 0.2) is 6.29 Å². The van der Waals surface area contributed by atoms with E-state index in [1.165, 1.54) is 14.2 Å². The first-order valence-corrected chi connectivity index (χ1v) is 4.90. The van der Waals surface area contributed by atoms with Crippen molar-refractivity contribution < 1.29 is 19.1 Å². The van der Waals surface area contributed by atoms with E-state index in [4.69, 9.17) is 4.74 Å². The quantitative estimate of drug-likeness (QED) is 0.449. The van der Waals surface area contributed by atoms with Crippen LogP contribution in [0, 0.1) is 11.8 Å². The second-order valence-electron chi connectivity index (χ2n) is 3.13. The van der Waals surface area contributed by atoms with E-state index in [2.05, 4.69) is 16.6 Å². The Balaban J connectivity index is 2.85. The second kappa shape index (κ2) is 6.33. The summed E-state index contributed by atoms with van der Waals surface area (Å²) in [6.45, 7) is 0. The van der Waals surface area contributed by atoms with Crippen LogP contribution < -0.4 is 4.74 Å². The van der Waals surface area contributed by atoms with Crippen LogP contribution in [-0.2, 0) is 9.53 Å². The molecule has 4 nitrogen and oxygen atoms in total. The Kier molecular flexibility index (Phi) is 4.77. The van der Waals surface area contributed by atoms with Gasteiger partial charge in [-0.05, 0) is 18.2 Å². The molecule has 17 heavy (non-hydrogen) atoms. The van der Waals surface area contributed by atoms with Crippen LogP contribution >= 0.6 is 0 Å². The van der Waals surface area contributed by atoms with Crippen molar-refractivity contribution in [2.24, 2.45) is 0 Å². The zero-order valence-corrected chi connectivity index (χ0v) is 9.65. The second-order valence-corrected chi connectivity index (χ2v) is 3.13. The summed E-state index contributed by atoms with van der Waals surface area (Å²) in [4.78, 5) is 21.6. The molecule has 0 N–H and O–H groups in total. The number of methoxy groups -OCH3 is 2. The maximum absolute atomic E-state index is 10.8. The molecule has 0 bridgehead atoms. The van der Waals surface area contributed by atoms with Crippen LogP contribution in [0.25, 0.3) is 0 Å². The highest BCUT2D eigenvalue weighted by atomic mass is 16.5. The lowest BCUT2D eigenvalue weighted by atomic mass is 10.1. The SMILES string of the molecule is COC(=O)CC#Cc1ccc(OC)c(C=O)c1. The minimum Gasteiger partial charge on any atom is -0.496 e. The molecule has 4 heteroatoms. The van der Waals surface area contributed by atoms with Gasteiger partial charge < -0.3 is 9.47 Å². The highest BCUT2D eigenvalue weighted by Gasteiger charge is 2.01. The summed E-state index contributed by atoms with van der Waals surface area (Å²) in [5.74, 6) is 5.54. The van der Waals surface area contributed by atoms with Gasteiger partial charge in [0.1, 0.15) is 12.2 Å². The van der Waals surface area contributed by atoms with Gasteiger partial charge in [-0.2, -0.15) is 0 Å². The number of carbonyl (C=O) groups excluding carboxylic acids is 2. The third-order valence-electron chi connectivity index (χ3n) is 2.05. The predicted molar refractivity (Wildman–Crippen MR) is 61.9 cm³/mol. The summed E-state index contributed by atoms with van der Waals surface area (Å²) >= 11 is 0. The molecule has 0 atom stereocenters. The van der Waals surface area contributed by atoms with Crippen molar-refractivity contribution in [3.8, 4) is 17.6 Å². The van der Waals surface area contributed by atoms with E-state index in [0.29, 0.717) is 23.2 Å². The Bertz CT molecular complexity index is 480. The normalized spacial score (nSPS) is 8.82. The van der Waals surface area contributed by atoms with E-state index in [1.54, 1.807) is 18.2 Å². The monoisotopic (exact) mass is 232 g/mol. The van der Waals surface area contributed by atoms with Crippen molar-refractivity contribution in [1.29, 1.82) is 0 Å². The van der Waals surface area contributed by atoms with E-state index in [9.17, 15) is 9.59 Å². The average Bonchev–Trinajstić information content (AvgIpc) is 2.38. The van der Waals surface area contributed by atoms with Gasteiger partial charge in [-0.25, -0.2) is 0 Å². The molecule has 0 aliphatic carbocycles. The summed E-state index contributed by atoms with van der Waals surface area (Å²) in [5, 5.41) is 0. The van der Waals surface area contributed by atoms with Crippen LogP contribution in [0.4, 0.5) is 0 Å². The molecule has 0 aliphatic rings. The van der Waals surface area contributed by atoms with Crippen LogP contribution in [-0.4, -0.2) is 26.5 Å². The summed E-state index contributed by atoms with van der Waals surface area (Å²) in [5.41, 5.74) is 1.08. The van der Waals surface area contributed by atoms with Gasteiger partial charge in [0.2, 0.25) is 0 Å². The maximum Gasteiger partial charge on any atom is 0.317 e. The van der Waals surface area contributed by atoms with E-state index in [1.807, 2.05) is 0 Å². The minimum absolute atomic E-state index is 0.0267. The van der Waals surface area contributed by atoms with Crippen LogP contribution in [0.1, 0.15) is 22.3 Å². The molecule has 0 radical (unpaired) electrons. The van der Waals surface area contributed by atoms with E-state index < -0.39 is 0 Å². The zero-order valence-electron chi connectivity index (χ0n) is 9.65. The lowest BCUT2D eigenvalue weighted by Crippen LogP contribution is -1.97. The largest absolute Gasteiger partial charge is 0.496 e. The van der Waals surface area contributed by atoms with Gasteiger partial charge in [0, 0.05) is 5.56 Å². The predicted octanol–water partition coefficient (Wildman–Crippen LogP) is 1.42. The van der Waals surface area contributed by atoms with E-state index in [-0.39, 0.29) is 12.4 Å². The molecule has 0 saturated heterocycles. The molecule has 88 valence electrons. The topological polar surface area (TPSA) is 52.6 Å². The first-order valence-electron chi connectivity index (χ1n) is 4.90. The van der Waals surface area contributed by atoms with Gasteiger partial charge >= 0.3 is 5.97 Å². The third kappa shape index (κ3) is 3.65. The molecule has 0 fully saturated rings. The Morgan fingerprint density at radius 2 is 2.18 bits per heavy atom. The molecule has 1 rings (SSSR count). The number of hydrogen-bond acceptors (Lipinski definition) is 4. The van der Waals surface area contributed by atoms with Crippen molar-refractivity contribution in [1.82, 2.24) is 0 Å². The number of benzene rings is 1. The van der Waals surface area contributed by atoms with Crippen molar-refractivity contribution in [3.63, 3.8) is 0 Å². The number of esters is 1. The van der Waals surface area contributed by atoms with Gasteiger partial charge in [-0.15, -0.1) is 0 Å². The number of rotatable bonds is 3. The smallest absolute Gasteiger partial charge is 0.317 e. The number of ether oxygens (including phenoxy) is 2. The fourth-order valence-electron chi connectivity index (χ4n) is 1.19. The van der Waals surface area contributed by atoms with Gasteiger partial charge in [-0.1, -0.05) is 11.8 Å². The average molecular weight is 232 g/mol. The Morgan fingerprint density at radius 3 is 2.76 bits per heavy atom. The fraction of sp³-hybridized carbons (Fsp3) is 0.231. The van der Waals surface area contributed by atoms with Crippen molar-refractivity contribution in [2.45, 2.75) is 6.42 Å². The van der Waals surface area contributed by atoms with Crippen LogP contribution in [0.2, 0.25) is 0 Å². The number of aldehydes is 1. The number of carbonyl (C=O) groups is 2. The van der Waals surface area contributed by atoms with Crippen LogP contribution in [0.5, 0.6) is 5.75 Å². The maximum atomic E-state index is 10.8. The summed E-state index contributed by atoms with van der Waals surface area (Å²) < 4.78 is 9.45. The molecular weight excluding hydrogens is 220 g/mol. The summed E-state index contributed by atoms with van der Waals surface area (Å²) in [6.07, 6.45) is 0.725. The van der Waals surface area contributed by atoms with Gasteiger partial charge in [-0.3, -0.25) is 9.59 Å². The highest BCUT2D eigenvalue weighted by molar-refractivity contribution is 5.80. The molecule has 0 aromatic heterocycles. The summed E-state index contributed by atoms with van der Waals surface area (Å²) in [7, 11) is 2.80. The van der Waals surface area contributed by atoms with E-state index in [0.717, 1.165) is 0 Å². The van der Waals surface area contributed by atoms with Crippen LogP contribution in [0.15, 0.2) is 18.2 Å². The Labute approximate surface area is 99.5 Å². The molecule has 0 unspecified atom stereocenters. The third-order valence-corrected chi connectivity index (χ3v) is 2.05. The highest BCUT2D eigenvalue weighted by Crippen LogP contribution is 2.17. The minimum atomic E-state index is -0.387. The zero-order chi connectivity index (χ0) is 12.7. The van der Waals surface area contributed by atoms with Gasteiger partial charge in [0.25, 0.3) is 0 Å².